The van der Waals surface area contributed by atoms with Crippen LogP contribution in [0.1, 0.15) is 44.4 Å². The molecule has 3 rings (SSSR count). The van der Waals surface area contributed by atoms with Crippen LogP contribution in [0.5, 0.6) is 0 Å². The SMILES string of the molecule is CCCc1cc(N2CCC[C@@H](NC(C)=O)C2)nc(Nc2ccc(N)c(C(F)(F)F)c2)n1. The van der Waals surface area contributed by atoms with Crippen LogP contribution in [0.15, 0.2) is 24.3 Å². The number of amides is 1. The van der Waals surface area contributed by atoms with E-state index in [2.05, 4.69) is 25.5 Å². The highest BCUT2D eigenvalue weighted by atomic mass is 19.4. The first-order chi connectivity index (χ1) is 14.7. The average Bonchev–Trinajstić information content (AvgIpc) is 2.68. The topological polar surface area (TPSA) is 96.2 Å². The molecule has 1 amide bonds. The molecule has 1 aliphatic rings. The van der Waals surface area contributed by atoms with E-state index >= 15 is 0 Å². The Labute approximate surface area is 179 Å². The summed E-state index contributed by atoms with van der Waals surface area (Å²) in [7, 11) is 0. The number of alkyl halides is 3. The zero-order chi connectivity index (χ0) is 22.6. The first-order valence-electron chi connectivity index (χ1n) is 10.3. The van der Waals surface area contributed by atoms with Crippen LogP contribution in [-0.4, -0.2) is 35.0 Å². The van der Waals surface area contributed by atoms with Crippen LogP contribution in [0.2, 0.25) is 0 Å². The van der Waals surface area contributed by atoms with Crippen LogP contribution < -0.4 is 21.3 Å². The monoisotopic (exact) mass is 436 g/mol. The van der Waals surface area contributed by atoms with Gasteiger partial charge >= 0.3 is 6.18 Å². The van der Waals surface area contributed by atoms with Crippen molar-refractivity contribution in [3.8, 4) is 0 Å². The highest BCUT2D eigenvalue weighted by Gasteiger charge is 2.33. The molecule has 0 unspecified atom stereocenters. The molecule has 2 aromatic rings. The summed E-state index contributed by atoms with van der Waals surface area (Å²) in [5, 5.41) is 5.83. The summed E-state index contributed by atoms with van der Waals surface area (Å²) in [4.78, 5) is 22.5. The smallest absolute Gasteiger partial charge is 0.398 e. The maximum atomic E-state index is 13.2. The van der Waals surface area contributed by atoms with Crippen molar-refractivity contribution in [2.45, 2.75) is 51.7 Å². The van der Waals surface area contributed by atoms with E-state index in [1.165, 1.54) is 19.1 Å². The Morgan fingerprint density at radius 3 is 2.74 bits per heavy atom. The Morgan fingerprint density at radius 1 is 1.29 bits per heavy atom. The minimum Gasteiger partial charge on any atom is -0.398 e. The van der Waals surface area contributed by atoms with E-state index in [-0.39, 0.29) is 29.3 Å². The number of carbonyl (C=O) groups is 1. The first-order valence-corrected chi connectivity index (χ1v) is 10.3. The van der Waals surface area contributed by atoms with E-state index in [4.69, 9.17) is 5.73 Å². The van der Waals surface area contributed by atoms with E-state index in [0.29, 0.717) is 18.8 Å². The molecule has 4 N–H and O–H groups in total. The van der Waals surface area contributed by atoms with Gasteiger partial charge in [0.05, 0.1) is 5.56 Å². The van der Waals surface area contributed by atoms with Gasteiger partial charge < -0.3 is 21.3 Å². The third-order valence-electron chi connectivity index (χ3n) is 5.04. The van der Waals surface area contributed by atoms with Crippen molar-refractivity contribution in [3.63, 3.8) is 0 Å². The Balaban J connectivity index is 1.88. The lowest BCUT2D eigenvalue weighted by Gasteiger charge is -2.34. The Morgan fingerprint density at radius 2 is 2.06 bits per heavy atom. The number of aromatic nitrogens is 2. The molecule has 1 aromatic heterocycles. The molecule has 1 saturated heterocycles. The molecule has 10 heteroatoms. The van der Waals surface area contributed by atoms with Crippen LogP contribution in [0.25, 0.3) is 0 Å². The van der Waals surface area contributed by atoms with Crippen molar-refractivity contribution in [3.05, 3.63) is 35.5 Å². The molecule has 168 valence electrons. The second-order valence-corrected chi connectivity index (χ2v) is 7.70. The van der Waals surface area contributed by atoms with Gasteiger partial charge in [-0.3, -0.25) is 4.79 Å². The summed E-state index contributed by atoms with van der Waals surface area (Å²) < 4.78 is 39.6. The summed E-state index contributed by atoms with van der Waals surface area (Å²) in [6, 6.07) is 5.56. The highest BCUT2D eigenvalue weighted by molar-refractivity contribution is 5.73. The van der Waals surface area contributed by atoms with Gasteiger partial charge in [0.1, 0.15) is 5.82 Å². The van der Waals surface area contributed by atoms with Gasteiger partial charge in [-0.2, -0.15) is 18.2 Å². The van der Waals surface area contributed by atoms with Crippen molar-refractivity contribution < 1.29 is 18.0 Å². The zero-order valence-electron chi connectivity index (χ0n) is 17.6. The summed E-state index contributed by atoms with van der Waals surface area (Å²) in [5.74, 6) is 0.829. The van der Waals surface area contributed by atoms with Gasteiger partial charge in [-0.15, -0.1) is 0 Å². The van der Waals surface area contributed by atoms with Gasteiger partial charge in [-0.25, -0.2) is 4.98 Å². The van der Waals surface area contributed by atoms with Crippen LogP contribution in [-0.2, 0) is 17.4 Å². The second-order valence-electron chi connectivity index (χ2n) is 7.70. The Hall–Kier alpha value is -3.04. The molecule has 1 fully saturated rings. The van der Waals surface area contributed by atoms with Gasteiger partial charge in [0, 0.05) is 49.2 Å². The summed E-state index contributed by atoms with van der Waals surface area (Å²) >= 11 is 0. The molecular formula is C21H27F3N6O. The van der Waals surface area contributed by atoms with Crippen LogP contribution in [0.3, 0.4) is 0 Å². The number of nitrogens with zero attached hydrogens (tertiary/aromatic N) is 3. The van der Waals surface area contributed by atoms with Crippen molar-refractivity contribution in [1.82, 2.24) is 15.3 Å². The number of benzene rings is 1. The number of anilines is 4. The molecule has 0 spiro atoms. The fourth-order valence-electron chi connectivity index (χ4n) is 3.68. The number of rotatable bonds is 6. The van der Waals surface area contributed by atoms with E-state index in [0.717, 1.165) is 37.6 Å². The van der Waals surface area contributed by atoms with Gasteiger partial charge in [0.15, 0.2) is 0 Å². The maximum absolute atomic E-state index is 13.2. The largest absolute Gasteiger partial charge is 0.418 e. The predicted molar refractivity (Wildman–Crippen MR) is 114 cm³/mol. The number of halogens is 3. The molecule has 7 nitrogen and oxygen atoms in total. The lowest BCUT2D eigenvalue weighted by Crippen LogP contribution is -2.47. The number of piperidine rings is 1. The lowest BCUT2D eigenvalue weighted by molar-refractivity contribution is -0.136. The molecule has 31 heavy (non-hydrogen) atoms. The van der Waals surface area contributed by atoms with E-state index in [9.17, 15) is 18.0 Å². The van der Waals surface area contributed by atoms with Crippen molar-refractivity contribution in [2.75, 3.05) is 29.0 Å². The van der Waals surface area contributed by atoms with Crippen molar-refractivity contribution in [1.29, 1.82) is 0 Å². The number of hydrogen-bond donors (Lipinski definition) is 3. The number of aryl methyl sites for hydroxylation is 1. The molecule has 1 aliphatic heterocycles. The third kappa shape index (κ3) is 5.99. The molecule has 2 heterocycles. The van der Waals surface area contributed by atoms with Crippen LogP contribution in [0, 0.1) is 0 Å². The molecule has 1 atom stereocenters. The standard InChI is InChI=1S/C21H27F3N6O/c1-3-5-14-11-19(30-9-4-6-16(12-30)26-13(2)31)29-20(27-14)28-15-7-8-18(25)17(10-15)21(22,23)24/h7-8,10-11,16H,3-6,9,12,25H2,1-2H3,(H,26,31)(H,27,28,29)/t16-/m1/s1. The van der Waals surface area contributed by atoms with Gasteiger partial charge in [0.2, 0.25) is 11.9 Å². The summed E-state index contributed by atoms with van der Waals surface area (Å²) in [6.07, 6.45) is -1.19. The Bertz CT molecular complexity index is 934. The third-order valence-corrected chi connectivity index (χ3v) is 5.04. The van der Waals surface area contributed by atoms with E-state index in [1.807, 2.05) is 13.0 Å². The molecule has 0 radical (unpaired) electrons. The van der Waals surface area contributed by atoms with Gasteiger partial charge in [0.25, 0.3) is 0 Å². The average molecular weight is 436 g/mol. The Kier molecular flexibility index (Phi) is 6.87. The number of nitrogens with two attached hydrogens (primary N) is 1. The minimum absolute atomic E-state index is 0.0266. The maximum Gasteiger partial charge on any atom is 0.418 e. The minimum atomic E-state index is -4.55. The molecule has 0 aliphatic carbocycles. The number of hydrogen-bond acceptors (Lipinski definition) is 6. The first kappa shape index (κ1) is 22.6. The zero-order valence-corrected chi connectivity index (χ0v) is 17.6. The molecule has 1 aromatic carbocycles. The van der Waals surface area contributed by atoms with Crippen LogP contribution >= 0.6 is 0 Å². The predicted octanol–water partition coefficient (Wildman–Crippen LogP) is 3.88. The van der Waals surface area contributed by atoms with Crippen molar-refractivity contribution in [2.24, 2.45) is 0 Å². The molecule has 0 saturated carbocycles. The number of nitrogen functional groups attached to an aromatic ring is 1. The fraction of sp³-hybridized carbons (Fsp3) is 0.476. The molecular weight excluding hydrogens is 409 g/mol. The van der Waals surface area contributed by atoms with Crippen LogP contribution in [0.4, 0.5) is 36.3 Å². The fourth-order valence-corrected chi connectivity index (χ4v) is 3.68. The molecule has 0 bridgehead atoms. The lowest BCUT2D eigenvalue weighted by atomic mass is 10.1. The number of nitrogens with one attached hydrogen (secondary N) is 2. The normalized spacial score (nSPS) is 16.8. The second kappa shape index (κ2) is 9.40. The van der Waals surface area contributed by atoms with Crippen molar-refractivity contribution >= 4 is 29.0 Å². The van der Waals surface area contributed by atoms with Gasteiger partial charge in [-0.1, -0.05) is 13.3 Å². The quantitative estimate of drug-likeness (QED) is 0.595. The number of carbonyl (C=O) groups excluding carboxylic acids is 1. The highest BCUT2D eigenvalue weighted by Crippen LogP contribution is 2.35. The van der Waals surface area contributed by atoms with E-state index in [1.54, 1.807) is 0 Å². The van der Waals surface area contributed by atoms with E-state index < -0.39 is 11.7 Å². The van der Waals surface area contributed by atoms with Gasteiger partial charge in [-0.05, 0) is 37.5 Å². The summed E-state index contributed by atoms with van der Waals surface area (Å²) in [5.41, 5.74) is 5.24. The summed E-state index contributed by atoms with van der Waals surface area (Å²) in [6.45, 7) is 4.91.